The highest BCUT2D eigenvalue weighted by Crippen LogP contribution is 2.01. The first-order valence-corrected chi connectivity index (χ1v) is 6.99. The Hall–Kier alpha value is -1.40. The molecule has 1 rings (SSSR count). The highest BCUT2D eigenvalue weighted by Gasteiger charge is 2.09. The van der Waals surface area contributed by atoms with Crippen molar-refractivity contribution in [2.45, 2.75) is 12.8 Å². The van der Waals surface area contributed by atoms with Gasteiger partial charge in [-0.15, -0.1) is 0 Å². The third-order valence-corrected chi connectivity index (χ3v) is 3.60. The van der Waals surface area contributed by atoms with Gasteiger partial charge in [-0.1, -0.05) is 30.3 Å². The van der Waals surface area contributed by atoms with E-state index in [1.807, 2.05) is 30.3 Å². The van der Waals surface area contributed by atoms with Crippen molar-refractivity contribution in [2.75, 3.05) is 12.3 Å². The van der Waals surface area contributed by atoms with Crippen molar-refractivity contribution in [1.29, 1.82) is 5.41 Å². The molecule has 6 heteroatoms. The van der Waals surface area contributed by atoms with Crippen molar-refractivity contribution in [3.8, 4) is 0 Å². The Kier molecular flexibility index (Phi) is 5.11. The number of nitrogens with one attached hydrogen (secondary N) is 2. The van der Waals surface area contributed by atoms with E-state index in [1.165, 1.54) is 0 Å². The second kappa shape index (κ2) is 6.36. The molecule has 0 aliphatic heterocycles. The standard InChI is InChI=1S/C11H17N3O2S/c12-11(13)6-8-14-17(15,16)9-7-10-4-2-1-3-5-10/h1-5,14H,6-9H2,(H3,12,13). The Morgan fingerprint density at radius 2 is 1.94 bits per heavy atom. The second-order valence-corrected chi connectivity index (χ2v) is 5.65. The minimum Gasteiger partial charge on any atom is -0.388 e. The Morgan fingerprint density at radius 1 is 1.29 bits per heavy atom. The van der Waals surface area contributed by atoms with Crippen LogP contribution in [0.5, 0.6) is 0 Å². The summed E-state index contributed by atoms with van der Waals surface area (Å²) in [6, 6.07) is 9.44. The van der Waals surface area contributed by atoms with E-state index < -0.39 is 10.0 Å². The quantitative estimate of drug-likeness (QED) is 0.488. The Balaban J connectivity index is 2.37. The zero-order chi connectivity index (χ0) is 12.7. The third kappa shape index (κ3) is 6.03. The fourth-order valence-electron chi connectivity index (χ4n) is 1.31. The molecule has 4 N–H and O–H groups in total. The summed E-state index contributed by atoms with van der Waals surface area (Å²) in [6.07, 6.45) is 0.723. The van der Waals surface area contributed by atoms with Gasteiger partial charge in [0.05, 0.1) is 11.6 Å². The van der Waals surface area contributed by atoms with Crippen LogP contribution in [0.25, 0.3) is 0 Å². The molecule has 1 aromatic rings. The average molecular weight is 255 g/mol. The topological polar surface area (TPSA) is 96.0 Å². The summed E-state index contributed by atoms with van der Waals surface area (Å²) < 4.78 is 25.5. The lowest BCUT2D eigenvalue weighted by molar-refractivity contribution is 0.582. The molecule has 0 aromatic heterocycles. The van der Waals surface area contributed by atoms with Gasteiger partial charge >= 0.3 is 0 Å². The minimum absolute atomic E-state index is 0.0178. The van der Waals surface area contributed by atoms with Crippen molar-refractivity contribution in [3.63, 3.8) is 0 Å². The number of amidine groups is 1. The molecule has 17 heavy (non-hydrogen) atoms. The summed E-state index contributed by atoms with van der Waals surface area (Å²) in [6.45, 7) is 0.187. The second-order valence-electron chi connectivity index (χ2n) is 3.72. The normalized spacial score (nSPS) is 11.3. The molecule has 1 aromatic carbocycles. The van der Waals surface area contributed by atoms with Crippen LogP contribution in [-0.4, -0.2) is 26.6 Å². The summed E-state index contributed by atoms with van der Waals surface area (Å²) in [5, 5.41) is 6.98. The molecule has 0 saturated carbocycles. The molecule has 0 bridgehead atoms. The maximum absolute atomic E-state index is 11.6. The maximum Gasteiger partial charge on any atom is 0.211 e. The van der Waals surface area contributed by atoms with Crippen LogP contribution in [-0.2, 0) is 16.4 Å². The number of sulfonamides is 1. The molecule has 0 aliphatic carbocycles. The van der Waals surface area contributed by atoms with E-state index >= 15 is 0 Å². The van der Waals surface area contributed by atoms with Crippen molar-refractivity contribution >= 4 is 15.9 Å². The lowest BCUT2D eigenvalue weighted by atomic mass is 10.2. The molecule has 0 heterocycles. The Morgan fingerprint density at radius 3 is 2.53 bits per heavy atom. The van der Waals surface area contributed by atoms with Gasteiger partial charge in [0.15, 0.2) is 0 Å². The summed E-state index contributed by atoms with van der Waals surface area (Å²) in [4.78, 5) is 0. The Labute approximate surface area is 102 Å². The molecule has 0 unspecified atom stereocenters. The monoisotopic (exact) mass is 255 g/mol. The lowest BCUT2D eigenvalue weighted by Gasteiger charge is -2.06. The number of nitrogens with two attached hydrogens (primary N) is 1. The lowest BCUT2D eigenvalue weighted by Crippen LogP contribution is -2.30. The highest BCUT2D eigenvalue weighted by molar-refractivity contribution is 7.89. The first-order chi connectivity index (χ1) is 7.99. The molecular weight excluding hydrogens is 238 g/mol. The molecular formula is C11H17N3O2S. The predicted octanol–water partition coefficient (Wildman–Crippen LogP) is 0.475. The van der Waals surface area contributed by atoms with Crippen LogP contribution in [0.3, 0.4) is 0 Å². The fourth-order valence-corrected chi connectivity index (χ4v) is 2.37. The summed E-state index contributed by atoms with van der Waals surface area (Å²) in [5.41, 5.74) is 6.13. The summed E-state index contributed by atoms with van der Waals surface area (Å²) in [5.74, 6) is 0.0327. The number of benzene rings is 1. The molecule has 5 nitrogen and oxygen atoms in total. The zero-order valence-corrected chi connectivity index (χ0v) is 10.3. The molecule has 0 saturated heterocycles. The zero-order valence-electron chi connectivity index (χ0n) is 9.52. The van der Waals surface area contributed by atoms with Crippen molar-refractivity contribution < 1.29 is 8.42 Å². The summed E-state index contributed by atoms with van der Waals surface area (Å²) >= 11 is 0. The largest absolute Gasteiger partial charge is 0.388 e. The molecule has 0 radical (unpaired) electrons. The van der Waals surface area contributed by atoms with Crippen LogP contribution in [0.4, 0.5) is 0 Å². The van der Waals surface area contributed by atoms with Gasteiger partial charge in [0.25, 0.3) is 0 Å². The van der Waals surface area contributed by atoms with E-state index in [9.17, 15) is 8.42 Å². The van der Waals surface area contributed by atoms with Gasteiger partial charge in [-0.2, -0.15) is 0 Å². The van der Waals surface area contributed by atoms with E-state index in [-0.39, 0.29) is 24.6 Å². The van der Waals surface area contributed by atoms with Crippen LogP contribution in [0.1, 0.15) is 12.0 Å². The van der Waals surface area contributed by atoms with Crippen molar-refractivity contribution in [3.05, 3.63) is 35.9 Å². The van der Waals surface area contributed by atoms with Crippen molar-refractivity contribution in [2.24, 2.45) is 5.73 Å². The van der Waals surface area contributed by atoms with E-state index in [2.05, 4.69) is 4.72 Å². The highest BCUT2D eigenvalue weighted by atomic mass is 32.2. The van der Waals surface area contributed by atoms with Gasteiger partial charge < -0.3 is 5.73 Å². The molecule has 0 fully saturated rings. The maximum atomic E-state index is 11.6. The van der Waals surface area contributed by atoms with Gasteiger partial charge in [-0.25, -0.2) is 13.1 Å². The van der Waals surface area contributed by atoms with E-state index in [1.54, 1.807) is 0 Å². The number of hydrogen-bond acceptors (Lipinski definition) is 3. The van der Waals surface area contributed by atoms with E-state index in [0.29, 0.717) is 6.42 Å². The van der Waals surface area contributed by atoms with Crippen LogP contribution in [0, 0.1) is 5.41 Å². The minimum atomic E-state index is -3.28. The average Bonchev–Trinajstić information content (AvgIpc) is 2.27. The van der Waals surface area contributed by atoms with Gasteiger partial charge in [0, 0.05) is 13.0 Å². The first-order valence-electron chi connectivity index (χ1n) is 5.34. The fraction of sp³-hybridized carbons (Fsp3) is 0.364. The molecule has 0 spiro atoms. The van der Waals surface area contributed by atoms with Crippen LogP contribution >= 0.6 is 0 Å². The third-order valence-electron chi connectivity index (χ3n) is 2.22. The smallest absolute Gasteiger partial charge is 0.211 e. The molecule has 0 amide bonds. The van der Waals surface area contributed by atoms with E-state index in [4.69, 9.17) is 11.1 Å². The van der Waals surface area contributed by atoms with Gasteiger partial charge in [-0.3, -0.25) is 5.41 Å². The number of hydrogen-bond donors (Lipinski definition) is 3. The predicted molar refractivity (Wildman–Crippen MR) is 68.5 cm³/mol. The van der Waals surface area contributed by atoms with E-state index in [0.717, 1.165) is 5.56 Å². The number of rotatable bonds is 7. The first kappa shape index (κ1) is 13.7. The van der Waals surface area contributed by atoms with Crippen LogP contribution in [0.2, 0.25) is 0 Å². The molecule has 0 aliphatic rings. The van der Waals surface area contributed by atoms with Gasteiger partial charge in [-0.05, 0) is 12.0 Å². The van der Waals surface area contributed by atoms with Crippen LogP contribution in [0.15, 0.2) is 30.3 Å². The summed E-state index contributed by atoms with van der Waals surface area (Å²) in [7, 11) is -3.28. The SMILES string of the molecule is N=C(N)CCNS(=O)(=O)CCc1ccccc1. The van der Waals surface area contributed by atoms with Gasteiger partial charge in [0.1, 0.15) is 0 Å². The van der Waals surface area contributed by atoms with Crippen molar-refractivity contribution in [1.82, 2.24) is 4.72 Å². The Bertz CT molecular complexity index is 457. The van der Waals surface area contributed by atoms with Gasteiger partial charge in [0.2, 0.25) is 10.0 Å². The molecule has 94 valence electrons. The van der Waals surface area contributed by atoms with Crippen LogP contribution < -0.4 is 10.5 Å². The molecule has 0 atom stereocenters. The number of aryl methyl sites for hydroxylation is 1.